The Labute approximate surface area is 109 Å². The molecule has 1 aromatic carbocycles. The SMILES string of the molecule is CCc1c(C)cc(-n2nnc3ccccc32)nc1F. The predicted molar refractivity (Wildman–Crippen MR) is 70.7 cm³/mol. The summed E-state index contributed by atoms with van der Waals surface area (Å²) in [6.07, 6.45) is 0.628. The number of aryl methyl sites for hydroxylation is 1. The topological polar surface area (TPSA) is 43.6 Å². The van der Waals surface area contributed by atoms with E-state index in [-0.39, 0.29) is 0 Å². The molecule has 19 heavy (non-hydrogen) atoms. The Morgan fingerprint density at radius 3 is 2.79 bits per heavy atom. The van der Waals surface area contributed by atoms with Gasteiger partial charge < -0.3 is 0 Å². The summed E-state index contributed by atoms with van der Waals surface area (Å²) in [5.41, 5.74) is 3.11. The normalized spacial score (nSPS) is 11.1. The highest BCUT2D eigenvalue weighted by Crippen LogP contribution is 2.19. The number of benzene rings is 1. The summed E-state index contributed by atoms with van der Waals surface area (Å²) in [4.78, 5) is 3.99. The van der Waals surface area contributed by atoms with Crippen LogP contribution in [-0.4, -0.2) is 20.0 Å². The third kappa shape index (κ3) is 1.87. The van der Waals surface area contributed by atoms with Gasteiger partial charge in [0.25, 0.3) is 0 Å². The lowest BCUT2D eigenvalue weighted by atomic mass is 10.1. The molecule has 0 atom stereocenters. The van der Waals surface area contributed by atoms with Gasteiger partial charge in [0, 0.05) is 5.56 Å². The van der Waals surface area contributed by atoms with E-state index >= 15 is 0 Å². The molecule has 0 aliphatic heterocycles. The minimum absolute atomic E-state index is 0.433. The van der Waals surface area contributed by atoms with Crippen LogP contribution in [0, 0.1) is 12.9 Å². The molecule has 2 heterocycles. The number of para-hydroxylation sites is 1. The van der Waals surface area contributed by atoms with Crippen LogP contribution in [-0.2, 0) is 6.42 Å². The molecule has 0 aliphatic carbocycles. The van der Waals surface area contributed by atoms with Crippen molar-refractivity contribution in [1.82, 2.24) is 20.0 Å². The maximum absolute atomic E-state index is 13.9. The van der Waals surface area contributed by atoms with Crippen molar-refractivity contribution < 1.29 is 4.39 Å². The van der Waals surface area contributed by atoms with Crippen LogP contribution < -0.4 is 0 Å². The van der Waals surface area contributed by atoms with E-state index in [2.05, 4.69) is 15.3 Å². The summed E-state index contributed by atoms with van der Waals surface area (Å²) in [5, 5.41) is 8.09. The highest BCUT2D eigenvalue weighted by molar-refractivity contribution is 5.75. The number of halogens is 1. The number of hydrogen-bond donors (Lipinski definition) is 0. The average molecular weight is 256 g/mol. The van der Waals surface area contributed by atoms with Crippen LogP contribution in [0.2, 0.25) is 0 Å². The monoisotopic (exact) mass is 256 g/mol. The lowest BCUT2D eigenvalue weighted by Gasteiger charge is -2.07. The molecule has 0 saturated heterocycles. The van der Waals surface area contributed by atoms with Crippen LogP contribution in [0.1, 0.15) is 18.1 Å². The van der Waals surface area contributed by atoms with Crippen molar-refractivity contribution in [3.8, 4) is 5.82 Å². The molecule has 0 fully saturated rings. The van der Waals surface area contributed by atoms with Crippen molar-refractivity contribution in [2.75, 3.05) is 0 Å². The molecule has 0 unspecified atom stereocenters. The highest BCUT2D eigenvalue weighted by atomic mass is 19.1. The predicted octanol–water partition coefficient (Wildman–Crippen LogP) is 2.83. The van der Waals surface area contributed by atoms with Gasteiger partial charge in [-0.1, -0.05) is 24.3 Å². The number of fused-ring (bicyclic) bond motifs is 1. The second-order valence-electron chi connectivity index (χ2n) is 4.41. The molecule has 0 amide bonds. The zero-order valence-corrected chi connectivity index (χ0v) is 10.8. The Kier molecular flexibility index (Phi) is 2.74. The molecule has 5 heteroatoms. The molecule has 0 radical (unpaired) electrons. The number of hydrogen-bond acceptors (Lipinski definition) is 3. The van der Waals surface area contributed by atoms with E-state index < -0.39 is 5.95 Å². The van der Waals surface area contributed by atoms with E-state index in [4.69, 9.17) is 0 Å². The number of nitrogens with zero attached hydrogens (tertiary/aromatic N) is 4. The van der Waals surface area contributed by atoms with Gasteiger partial charge in [0.1, 0.15) is 5.52 Å². The molecule has 3 rings (SSSR count). The Bertz CT molecular complexity index is 725. The van der Waals surface area contributed by atoms with Crippen molar-refractivity contribution in [2.24, 2.45) is 0 Å². The Hall–Kier alpha value is -2.30. The smallest absolute Gasteiger partial charge is 0.200 e. The van der Waals surface area contributed by atoms with Gasteiger partial charge in [-0.3, -0.25) is 0 Å². The van der Waals surface area contributed by atoms with E-state index in [1.165, 1.54) is 0 Å². The van der Waals surface area contributed by atoms with Crippen molar-refractivity contribution in [3.63, 3.8) is 0 Å². The average Bonchev–Trinajstić information content (AvgIpc) is 2.82. The van der Waals surface area contributed by atoms with Gasteiger partial charge in [-0.25, -0.2) is 0 Å². The molecule has 2 aromatic heterocycles. The maximum atomic E-state index is 13.9. The zero-order chi connectivity index (χ0) is 13.4. The molecular formula is C14H13FN4. The first-order valence-corrected chi connectivity index (χ1v) is 6.17. The van der Waals surface area contributed by atoms with Crippen LogP contribution in [0.4, 0.5) is 4.39 Å². The largest absolute Gasteiger partial charge is 0.218 e. The Morgan fingerprint density at radius 1 is 1.26 bits per heavy atom. The van der Waals surface area contributed by atoms with Crippen LogP contribution in [0.25, 0.3) is 16.9 Å². The fourth-order valence-electron chi connectivity index (χ4n) is 2.22. The first-order chi connectivity index (χ1) is 9.20. The van der Waals surface area contributed by atoms with Crippen LogP contribution in [0.3, 0.4) is 0 Å². The Morgan fingerprint density at radius 2 is 2.05 bits per heavy atom. The first kappa shape index (κ1) is 11.8. The summed E-state index contributed by atoms with van der Waals surface area (Å²) in [6.45, 7) is 3.80. The second-order valence-corrected chi connectivity index (χ2v) is 4.41. The minimum Gasteiger partial charge on any atom is -0.200 e. The second kappa shape index (κ2) is 4.42. The molecule has 4 nitrogen and oxygen atoms in total. The summed E-state index contributed by atoms with van der Waals surface area (Å²) < 4.78 is 15.5. The van der Waals surface area contributed by atoms with E-state index in [0.29, 0.717) is 17.8 Å². The zero-order valence-electron chi connectivity index (χ0n) is 10.8. The van der Waals surface area contributed by atoms with Gasteiger partial charge in [0.05, 0.1) is 5.52 Å². The van der Waals surface area contributed by atoms with E-state index in [0.717, 1.165) is 16.6 Å². The van der Waals surface area contributed by atoms with Crippen molar-refractivity contribution in [1.29, 1.82) is 0 Å². The van der Waals surface area contributed by atoms with Crippen molar-refractivity contribution in [2.45, 2.75) is 20.3 Å². The highest BCUT2D eigenvalue weighted by Gasteiger charge is 2.12. The maximum Gasteiger partial charge on any atom is 0.218 e. The van der Waals surface area contributed by atoms with Gasteiger partial charge in [-0.15, -0.1) is 5.10 Å². The summed E-state index contributed by atoms with van der Waals surface area (Å²) in [7, 11) is 0. The quantitative estimate of drug-likeness (QED) is 0.662. The van der Waals surface area contributed by atoms with Gasteiger partial charge in [-0.2, -0.15) is 14.1 Å². The minimum atomic E-state index is -0.433. The lowest BCUT2D eigenvalue weighted by Crippen LogP contribution is -2.05. The fraction of sp³-hybridized carbons (Fsp3) is 0.214. The molecule has 96 valence electrons. The van der Waals surface area contributed by atoms with Crippen LogP contribution in [0.5, 0.6) is 0 Å². The van der Waals surface area contributed by atoms with E-state index in [1.807, 2.05) is 44.2 Å². The standard InChI is InChI=1S/C14H13FN4/c1-3-10-9(2)8-13(16-14(10)15)19-12-7-5-4-6-11(12)17-18-19/h4-8H,3H2,1-2H3. The molecule has 0 aliphatic rings. The molecule has 3 aromatic rings. The number of rotatable bonds is 2. The van der Waals surface area contributed by atoms with E-state index in [1.54, 1.807) is 4.68 Å². The third-order valence-electron chi connectivity index (χ3n) is 3.21. The molecule has 0 saturated carbocycles. The number of pyridine rings is 1. The van der Waals surface area contributed by atoms with Gasteiger partial charge in [0.2, 0.25) is 5.95 Å². The van der Waals surface area contributed by atoms with Crippen molar-refractivity contribution >= 4 is 11.0 Å². The molecule has 0 spiro atoms. The summed E-state index contributed by atoms with van der Waals surface area (Å²) >= 11 is 0. The summed E-state index contributed by atoms with van der Waals surface area (Å²) in [6, 6.07) is 9.37. The van der Waals surface area contributed by atoms with Gasteiger partial charge in [0.15, 0.2) is 5.82 Å². The Balaban J connectivity index is 2.22. The third-order valence-corrected chi connectivity index (χ3v) is 3.21. The van der Waals surface area contributed by atoms with Gasteiger partial charge >= 0.3 is 0 Å². The first-order valence-electron chi connectivity index (χ1n) is 6.17. The molecule has 0 bridgehead atoms. The van der Waals surface area contributed by atoms with Crippen LogP contribution in [0.15, 0.2) is 30.3 Å². The molecule has 0 N–H and O–H groups in total. The van der Waals surface area contributed by atoms with E-state index in [9.17, 15) is 4.39 Å². The summed E-state index contributed by atoms with van der Waals surface area (Å²) in [5.74, 6) is 0.0259. The molecular weight excluding hydrogens is 243 g/mol. The lowest BCUT2D eigenvalue weighted by molar-refractivity contribution is 0.560. The van der Waals surface area contributed by atoms with Crippen molar-refractivity contribution in [3.05, 3.63) is 47.4 Å². The fourth-order valence-corrected chi connectivity index (χ4v) is 2.22. The van der Waals surface area contributed by atoms with Gasteiger partial charge in [-0.05, 0) is 37.1 Å². The van der Waals surface area contributed by atoms with Crippen LogP contribution >= 0.6 is 0 Å². The number of aromatic nitrogens is 4.